The van der Waals surface area contributed by atoms with Crippen molar-refractivity contribution >= 4 is 11.4 Å². The summed E-state index contributed by atoms with van der Waals surface area (Å²) in [6.45, 7) is 0. The molecule has 0 radical (unpaired) electrons. The molecule has 2 heterocycles. The number of hydrogen-bond donors (Lipinski definition) is 2. The molecule has 2 atom stereocenters. The first-order valence-corrected chi connectivity index (χ1v) is 7.45. The van der Waals surface area contributed by atoms with Crippen molar-refractivity contribution in [2.75, 3.05) is 18.1 Å². The summed E-state index contributed by atoms with van der Waals surface area (Å²) in [5, 5.41) is 12.8. The van der Waals surface area contributed by atoms with E-state index in [9.17, 15) is 5.26 Å². The van der Waals surface area contributed by atoms with Gasteiger partial charge in [0.05, 0.1) is 11.3 Å². The summed E-state index contributed by atoms with van der Waals surface area (Å²) in [5.41, 5.74) is 7.96. The third-order valence-electron chi connectivity index (χ3n) is 4.86. The zero-order chi connectivity index (χ0) is 14.1. The van der Waals surface area contributed by atoms with Crippen LogP contribution in [0.1, 0.15) is 37.7 Å². The van der Waals surface area contributed by atoms with Crippen LogP contribution < -0.4 is 11.1 Å². The molecule has 4 nitrogen and oxygen atoms in total. The number of nitrogens with one attached hydrogen (secondary N) is 1. The molecule has 4 heteroatoms. The number of nitriles is 1. The van der Waals surface area contributed by atoms with E-state index in [1.807, 2.05) is 12.1 Å². The summed E-state index contributed by atoms with van der Waals surface area (Å²) in [4.78, 5) is 2.55. The van der Waals surface area contributed by atoms with E-state index in [0.29, 0.717) is 29.4 Å². The minimum absolute atomic E-state index is 0.470. The number of rotatable bonds is 2. The van der Waals surface area contributed by atoms with Crippen LogP contribution in [0.2, 0.25) is 0 Å². The molecule has 3 rings (SSSR count). The molecule has 0 spiro atoms. The van der Waals surface area contributed by atoms with Gasteiger partial charge in [-0.3, -0.25) is 0 Å². The Morgan fingerprint density at radius 1 is 1.30 bits per heavy atom. The van der Waals surface area contributed by atoms with Gasteiger partial charge in [-0.2, -0.15) is 5.26 Å². The summed E-state index contributed by atoms with van der Waals surface area (Å²) in [6, 6.07) is 9.63. The zero-order valence-electron chi connectivity index (χ0n) is 12.0. The predicted octanol–water partition coefficient (Wildman–Crippen LogP) is 2.57. The average Bonchev–Trinajstić information content (AvgIpc) is 2.42. The quantitative estimate of drug-likeness (QED) is 0.811. The molecule has 0 saturated carbocycles. The Labute approximate surface area is 120 Å². The van der Waals surface area contributed by atoms with Gasteiger partial charge in [0.25, 0.3) is 0 Å². The van der Waals surface area contributed by atoms with Crippen LogP contribution in [0.5, 0.6) is 0 Å². The fourth-order valence-electron chi connectivity index (χ4n) is 3.73. The molecular weight excluding hydrogens is 248 g/mol. The maximum Gasteiger partial charge on any atom is 0.101 e. The van der Waals surface area contributed by atoms with E-state index in [0.717, 1.165) is 5.69 Å². The summed E-state index contributed by atoms with van der Waals surface area (Å²) in [7, 11) is 2.26. The second-order valence-corrected chi connectivity index (χ2v) is 6.13. The second kappa shape index (κ2) is 5.34. The first-order valence-electron chi connectivity index (χ1n) is 7.45. The van der Waals surface area contributed by atoms with Crippen molar-refractivity contribution in [1.82, 2.24) is 4.90 Å². The van der Waals surface area contributed by atoms with Gasteiger partial charge in [0.1, 0.15) is 6.07 Å². The maximum atomic E-state index is 9.22. The standard InChI is InChI=1S/C16H22N4/c1-20-14-3-2-4-15(20)9-13(8-14)19-16-6-5-12(18)7-11(16)10-17/h5-7,13-15,19H,2-4,8-9,18H2,1H3. The molecule has 20 heavy (non-hydrogen) atoms. The molecule has 2 bridgehead atoms. The van der Waals surface area contributed by atoms with Crippen molar-refractivity contribution in [3.63, 3.8) is 0 Å². The van der Waals surface area contributed by atoms with Crippen LogP contribution in [0.15, 0.2) is 18.2 Å². The first kappa shape index (κ1) is 13.3. The molecule has 3 N–H and O–H groups in total. The van der Waals surface area contributed by atoms with Crippen molar-refractivity contribution in [3.8, 4) is 6.07 Å². The molecular formula is C16H22N4. The van der Waals surface area contributed by atoms with E-state index in [-0.39, 0.29) is 0 Å². The topological polar surface area (TPSA) is 65.1 Å². The Morgan fingerprint density at radius 3 is 2.65 bits per heavy atom. The third-order valence-corrected chi connectivity index (χ3v) is 4.86. The highest BCUT2D eigenvalue weighted by molar-refractivity contribution is 5.63. The molecule has 2 saturated heterocycles. The number of hydrogen-bond acceptors (Lipinski definition) is 4. The molecule has 1 aromatic carbocycles. The normalized spacial score (nSPS) is 29.7. The Morgan fingerprint density at radius 2 is 2.00 bits per heavy atom. The highest BCUT2D eigenvalue weighted by Crippen LogP contribution is 2.34. The highest BCUT2D eigenvalue weighted by Gasteiger charge is 2.35. The van der Waals surface area contributed by atoms with Crippen molar-refractivity contribution in [1.29, 1.82) is 5.26 Å². The molecule has 1 aromatic rings. The predicted molar refractivity (Wildman–Crippen MR) is 81.4 cm³/mol. The van der Waals surface area contributed by atoms with Crippen molar-refractivity contribution < 1.29 is 0 Å². The van der Waals surface area contributed by atoms with Gasteiger partial charge in [-0.1, -0.05) is 6.42 Å². The zero-order valence-corrected chi connectivity index (χ0v) is 12.0. The summed E-state index contributed by atoms with van der Waals surface area (Å²) >= 11 is 0. The first-order chi connectivity index (χ1) is 9.67. The van der Waals surface area contributed by atoms with Crippen LogP contribution in [0.4, 0.5) is 11.4 Å². The number of fused-ring (bicyclic) bond motifs is 2. The minimum atomic E-state index is 0.470. The van der Waals surface area contributed by atoms with Gasteiger partial charge < -0.3 is 16.0 Å². The smallest absolute Gasteiger partial charge is 0.101 e. The van der Waals surface area contributed by atoms with Crippen LogP contribution in [0, 0.1) is 11.3 Å². The Kier molecular flexibility index (Phi) is 3.54. The van der Waals surface area contributed by atoms with E-state index in [4.69, 9.17) is 5.73 Å². The van der Waals surface area contributed by atoms with Gasteiger partial charge in [-0.05, 0) is 50.9 Å². The highest BCUT2D eigenvalue weighted by atomic mass is 15.2. The van der Waals surface area contributed by atoms with E-state index in [1.54, 1.807) is 6.07 Å². The van der Waals surface area contributed by atoms with E-state index in [2.05, 4.69) is 23.3 Å². The number of nitrogens with two attached hydrogens (primary N) is 1. The lowest BCUT2D eigenvalue weighted by atomic mass is 9.82. The molecule has 2 unspecified atom stereocenters. The van der Waals surface area contributed by atoms with Crippen LogP contribution in [0.3, 0.4) is 0 Å². The molecule has 2 aliphatic rings. The summed E-state index contributed by atoms with van der Waals surface area (Å²) in [6.07, 6.45) is 6.30. The molecule has 0 amide bonds. The fourth-order valence-corrected chi connectivity index (χ4v) is 3.73. The van der Waals surface area contributed by atoms with Gasteiger partial charge in [0.2, 0.25) is 0 Å². The van der Waals surface area contributed by atoms with E-state index in [1.165, 1.54) is 32.1 Å². The van der Waals surface area contributed by atoms with Crippen LogP contribution >= 0.6 is 0 Å². The Balaban J connectivity index is 1.74. The molecule has 2 aliphatic heterocycles. The molecule has 0 aliphatic carbocycles. The van der Waals surface area contributed by atoms with Gasteiger partial charge >= 0.3 is 0 Å². The van der Waals surface area contributed by atoms with Gasteiger partial charge in [0.15, 0.2) is 0 Å². The molecule has 0 aromatic heterocycles. The summed E-state index contributed by atoms with van der Waals surface area (Å²) in [5.74, 6) is 0. The lowest BCUT2D eigenvalue weighted by Crippen LogP contribution is -2.52. The molecule has 2 fully saturated rings. The number of nitrogens with zero attached hydrogens (tertiary/aromatic N) is 2. The van der Waals surface area contributed by atoms with Crippen molar-refractivity contribution in [3.05, 3.63) is 23.8 Å². The van der Waals surface area contributed by atoms with Crippen LogP contribution in [-0.4, -0.2) is 30.1 Å². The lowest BCUT2D eigenvalue weighted by molar-refractivity contribution is 0.0608. The van der Waals surface area contributed by atoms with Crippen LogP contribution in [-0.2, 0) is 0 Å². The lowest BCUT2D eigenvalue weighted by Gasteiger charge is -2.47. The fraction of sp³-hybridized carbons (Fsp3) is 0.562. The number of nitrogen functional groups attached to an aromatic ring is 1. The second-order valence-electron chi connectivity index (χ2n) is 6.13. The van der Waals surface area contributed by atoms with Crippen molar-refractivity contribution in [2.45, 2.75) is 50.2 Å². The Hall–Kier alpha value is -1.73. The SMILES string of the molecule is CN1C2CCCC1CC(Nc1ccc(N)cc1C#N)C2. The van der Waals surface area contributed by atoms with Crippen molar-refractivity contribution in [2.24, 2.45) is 0 Å². The Bertz CT molecular complexity index is 520. The average molecular weight is 270 g/mol. The number of piperidine rings is 2. The maximum absolute atomic E-state index is 9.22. The third kappa shape index (κ3) is 2.46. The number of benzene rings is 1. The monoisotopic (exact) mass is 270 g/mol. The molecule has 106 valence electrons. The van der Waals surface area contributed by atoms with E-state index < -0.39 is 0 Å². The number of anilines is 2. The summed E-state index contributed by atoms with van der Waals surface area (Å²) < 4.78 is 0. The van der Waals surface area contributed by atoms with Gasteiger partial charge in [-0.15, -0.1) is 0 Å². The van der Waals surface area contributed by atoms with Crippen LogP contribution in [0.25, 0.3) is 0 Å². The van der Waals surface area contributed by atoms with Gasteiger partial charge in [-0.25, -0.2) is 0 Å². The van der Waals surface area contributed by atoms with Gasteiger partial charge in [0, 0.05) is 23.8 Å². The largest absolute Gasteiger partial charge is 0.399 e. The van der Waals surface area contributed by atoms with E-state index >= 15 is 0 Å². The minimum Gasteiger partial charge on any atom is -0.399 e.